The molecule has 1 heterocycles. The van der Waals surface area contributed by atoms with E-state index in [0.29, 0.717) is 37.1 Å². The Morgan fingerprint density at radius 2 is 1.61 bits per heavy atom. The summed E-state index contributed by atoms with van der Waals surface area (Å²) >= 11 is 1.30. The number of hydrogen-bond donors (Lipinski definition) is 0. The number of hydrogen-bond acceptors (Lipinski definition) is 10. The standard InChI is InChI=1S/C18H23N5O4S/c1-3-26-16(24)9-11-23(12-10-17(25)27-4-2)15-7-5-14(6-8-15)20-22-18-21-19-13-28-18/h5-8,13H,3-4,9-12H2,1-2H3. The first kappa shape index (κ1) is 21.4. The summed E-state index contributed by atoms with van der Waals surface area (Å²) in [6.45, 7) is 5.09. The zero-order valence-electron chi connectivity index (χ0n) is 15.9. The van der Waals surface area contributed by atoms with E-state index in [1.54, 1.807) is 19.4 Å². The minimum atomic E-state index is -0.272. The zero-order valence-corrected chi connectivity index (χ0v) is 16.7. The second kappa shape index (κ2) is 11.8. The first-order valence-electron chi connectivity index (χ1n) is 8.96. The highest BCUT2D eigenvalue weighted by Crippen LogP contribution is 2.23. The van der Waals surface area contributed by atoms with Gasteiger partial charge in [0, 0.05) is 18.8 Å². The molecule has 0 saturated carbocycles. The van der Waals surface area contributed by atoms with Crippen molar-refractivity contribution >= 4 is 39.8 Å². The third-order valence-electron chi connectivity index (χ3n) is 3.60. The SMILES string of the molecule is CCOC(=O)CCN(CCC(=O)OCC)c1ccc(N=Nc2nncs2)cc1. The predicted molar refractivity (Wildman–Crippen MR) is 105 cm³/mol. The van der Waals surface area contributed by atoms with Crippen LogP contribution in [0, 0.1) is 0 Å². The van der Waals surface area contributed by atoms with Gasteiger partial charge in [0.05, 0.1) is 31.7 Å². The van der Waals surface area contributed by atoms with Crippen LogP contribution in [0.4, 0.5) is 16.5 Å². The van der Waals surface area contributed by atoms with Gasteiger partial charge in [-0.25, -0.2) is 0 Å². The van der Waals surface area contributed by atoms with Crippen molar-refractivity contribution in [2.75, 3.05) is 31.2 Å². The normalized spacial score (nSPS) is 10.8. The predicted octanol–water partition coefficient (Wildman–Crippen LogP) is 3.67. The van der Waals surface area contributed by atoms with Crippen LogP contribution < -0.4 is 4.90 Å². The Bertz CT molecular complexity index is 743. The fourth-order valence-electron chi connectivity index (χ4n) is 2.33. The average molecular weight is 405 g/mol. The lowest BCUT2D eigenvalue weighted by molar-refractivity contribution is -0.143. The van der Waals surface area contributed by atoms with Crippen molar-refractivity contribution in [1.29, 1.82) is 0 Å². The molecule has 150 valence electrons. The largest absolute Gasteiger partial charge is 0.466 e. The molecule has 0 N–H and O–H groups in total. The van der Waals surface area contributed by atoms with Crippen LogP contribution in [0.25, 0.3) is 0 Å². The smallest absolute Gasteiger partial charge is 0.307 e. The van der Waals surface area contributed by atoms with Gasteiger partial charge in [-0.1, -0.05) is 11.3 Å². The number of azo groups is 1. The average Bonchev–Trinajstić information content (AvgIpc) is 3.21. The molecule has 0 radical (unpaired) electrons. The van der Waals surface area contributed by atoms with Gasteiger partial charge in [-0.2, -0.15) is 0 Å². The molecule has 2 rings (SSSR count). The van der Waals surface area contributed by atoms with Gasteiger partial charge in [0.1, 0.15) is 5.51 Å². The van der Waals surface area contributed by atoms with E-state index in [4.69, 9.17) is 9.47 Å². The van der Waals surface area contributed by atoms with E-state index in [1.165, 1.54) is 11.3 Å². The van der Waals surface area contributed by atoms with E-state index in [2.05, 4.69) is 20.4 Å². The maximum absolute atomic E-state index is 11.7. The lowest BCUT2D eigenvalue weighted by atomic mass is 10.2. The Labute approximate surface area is 167 Å². The van der Waals surface area contributed by atoms with Gasteiger partial charge in [0.15, 0.2) is 0 Å². The number of carbonyl (C=O) groups is 2. The monoisotopic (exact) mass is 405 g/mol. The van der Waals surface area contributed by atoms with E-state index in [0.717, 1.165) is 5.69 Å². The van der Waals surface area contributed by atoms with Crippen LogP contribution in [-0.4, -0.2) is 48.4 Å². The van der Waals surface area contributed by atoms with Gasteiger partial charge < -0.3 is 14.4 Å². The van der Waals surface area contributed by atoms with Gasteiger partial charge in [-0.15, -0.1) is 20.4 Å². The van der Waals surface area contributed by atoms with E-state index < -0.39 is 0 Å². The van der Waals surface area contributed by atoms with Crippen molar-refractivity contribution in [3.05, 3.63) is 29.8 Å². The van der Waals surface area contributed by atoms with Crippen LogP contribution in [0.15, 0.2) is 40.0 Å². The van der Waals surface area contributed by atoms with Crippen molar-refractivity contribution in [3.8, 4) is 0 Å². The molecule has 0 atom stereocenters. The van der Waals surface area contributed by atoms with Crippen LogP contribution in [0.5, 0.6) is 0 Å². The minimum absolute atomic E-state index is 0.231. The van der Waals surface area contributed by atoms with Crippen molar-refractivity contribution in [2.24, 2.45) is 10.2 Å². The number of rotatable bonds is 11. The van der Waals surface area contributed by atoms with Crippen LogP contribution in [-0.2, 0) is 19.1 Å². The molecule has 1 aromatic carbocycles. The molecule has 28 heavy (non-hydrogen) atoms. The summed E-state index contributed by atoms with van der Waals surface area (Å²) in [5.41, 5.74) is 3.11. The second-order valence-electron chi connectivity index (χ2n) is 5.53. The van der Waals surface area contributed by atoms with Gasteiger partial charge in [-0.3, -0.25) is 9.59 Å². The zero-order chi connectivity index (χ0) is 20.2. The second-order valence-corrected chi connectivity index (χ2v) is 6.35. The molecule has 0 spiro atoms. The molecule has 0 unspecified atom stereocenters. The molecule has 0 saturated heterocycles. The van der Waals surface area contributed by atoms with Crippen molar-refractivity contribution in [2.45, 2.75) is 26.7 Å². The highest BCUT2D eigenvalue weighted by molar-refractivity contribution is 7.13. The van der Waals surface area contributed by atoms with Crippen LogP contribution >= 0.6 is 11.3 Å². The first-order valence-corrected chi connectivity index (χ1v) is 9.84. The van der Waals surface area contributed by atoms with Crippen LogP contribution in [0.1, 0.15) is 26.7 Å². The molecule has 0 aliphatic rings. The Balaban J connectivity index is 2.02. The summed E-state index contributed by atoms with van der Waals surface area (Å²) in [5, 5.41) is 16.1. The van der Waals surface area contributed by atoms with Crippen LogP contribution in [0.2, 0.25) is 0 Å². The Morgan fingerprint density at radius 1 is 1.00 bits per heavy atom. The maximum Gasteiger partial charge on any atom is 0.307 e. The van der Waals surface area contributed by atoms with Gasteiger partial charge in [0.2, 0.25) is 0 Å². The molecule has 2 aromatic rings. The van der Waals surface area contributed by atoms with Crippen LogP contribution in [0.3, 0.4) is 0 Å². The summed E-state index contributed by atoms with van der Waals surface area (Å²) in [6.07, 6.45) is 0.463. The Morgan fingerprint density at radius 3 is 2.11 bits per heavy atom. The molecule has 0 fully saturated rings. The molecule has 0 bridgehead atoms. The summed E-state index contributed by atoms with van der Waals surface area (Å²) in [4.78, 5) is 25.3. The van der Waals surface area contributed by atoms with Crippen molar-refractivity contribution in [3.63, 3.8) is 0 Å². The third kappa shape index (κ3) is 7.39. The molecule has 9 nitrogen and oxygen atoms in total. The first-order chi connectivity index (χ1) is 13.6. The fraction of sp³-hybridized carbons (Fsp3) is 0.444. The van der Waals surface area contributed by atoms with Gasteiger partial charge in [0.25, 0.3) is 5.13 Å². The topological polar surface area (TPSA) is 106 Å². The number of esters is 2. The molecule has 10 heteroatoms. The fourth-order valence-corrected chi connectivity index (χ4v) is 2.70. The third-order valence-corrected chi connectivity index (χ3v) is 4.17. The van der Waals surface area contributed by atoms with Gasteiger partial charge in [-0.05, 0) is 38.1 Å². The minimum Gasteiger partial charge on any atom is -0.466 e. The van der Waals surface area contributed by atoms with Gasteiger partial charge >= 0.3 is 11.9 Å². The number of anilines is 1. The summed E-state index contributed by atoms with van der Waals surface area (Å²) in [7, 11) is 0. The maximum atomic E-state index is 11.7. The lowest BCUT2D eigenvalue weighted by Gasteiger charge is -2.24. The van der Waals surface area contributed by atoms with Crippen molar-refractivity contribution in [1.82, 2.24) is 10.2 Å². The van der Waals surface area contributed by atoms with E-state index in [9.17, 15) is 9.59 Å². The number of nitrogens with zero attached hydrogens (tertiary/aromatic N) is 5. The number of ether oxygens (including phenoxy) is 2. The molecular weight excluding hydrogens is 382 g/mol. The van der Waals surface area contributed by atoms with E-state index in [1.807, 2.05) is 29.2 Å². The quantitative estimate of drug-likeness (QED) is 0.415. The number of benzene rings is 1. The molecule has 0 aliphatic heterocycles. The van der Waals surface area contributed by atoms with E-state index in [-0.39, 0.29) is 24.8 Å². The lowest BCUT2D eigenvalue weighted by Crippen LogP contribution is -2.29. The van der Waals surface area contributed by atoms with E-state index >= 15 is 0 Å². The summed E-state index contributed by atoms with van der Waals surface area (Å²) in [6, 6.07) is 7.35. The summed E-state index contributed by atoms with van der Waals surface area (Å²) < 4.78 is 9.97. The molecule has 1 aromatic heterocycles. The van der Waals surface area contributed by atoms with Crippen molar-refractivity contribution < 1.29 is 19.1 Å². The molecule has 0 amide bonds. The number of aromatic nitrogens is 2. The Kier molecular flexibility index (Phi) is 8.99. The summed E-state index contributed by atoms with van der Waals surface area (Å²) in [5.74, 6) is -0.544. The highest BCUT2D eigenvalue weighted by atomic mass is 32.1. The molecular formula is C18H23N5O4S. The number of carbonyl (C=O) groups excluding carboxylic acids is 2. The molecule has 0 aliphatic carbocycles. The Hall–Kier alpha value is -2.88. The highest BCUT2D eigenvalue weighted by Gasteiger charge is 2.13.